The lowest BCUT2D eigenvalue weighted by Crippen LogP contribution is -2.43. The molecule has 6 nitrogen and oxygen atoms in total. The summed E-state index contributed by atoms with van der Waals surface area (Å²) < 4.78 is 10.7. The quantitative estimate of drug-likeness (QED) is 0.439. The van der Waals surface area contributed by atoms with Crippen molar-refractivity contribution in [3.05, 3.63) is 82.7 Å². The summed E-state index contributed by atoms with van der Waals surface area (Å²) in [6.45, 7) is 7.51. The Morgan fingerprint density at radius 2 is 1.69 bits per heavy atom. The molecule has 0 unspecified atom stereocenters. The number of Topliss-reactive ketones (excluding diaryl/α,β-unsaturated/α-hetero) is 1. The number of esters is 2. The maximum absolute atomic E-state index is 13.8. The van der Waals surface area contributed by atoms with Gasteiger partial charge in [0.1, 0.15) is 5.92 Å². The molecule has 6 heteroatoms. The number of hydrogen-bond donors (Lipinski definition) is 1. The third kappa shape index (κ3) is 4.72. The number of benzene rings is 2. The van der Waals surface area contributed by atoms with Crippen LogP contribution in [0.1, 0.15) is 52.0 Å². The summed E-state index contributed by atoms with van der Waals surface area (Å²) in [5, 5.41) is 3.30. The van der Waals surface area contributed by atoms with Gasteiger partial charge in [0.05, 0.1) is 18.8 Å². The van der Waals surface area contributed by atoms with Crippen molar-refractivity contribution in [3.63, 3.8) is 0 Å². The lowest BCUT2D eigenvalue weighted by Gasteiger charge is -2.38. The lowest BCUT2D eigenvalue weighted by atomic mass is 9.69. The Morgan fingerprint density at radius 1 is 1.06 bits per heavy atom. The molecule has 0 fully saturated rings. The first kappa shape index (κ1) is 25.4. The minimum atomic E-state index is -0.910. The van der Waals surface area contributed by atoms with Crippen LogP contribution >= 0.6 is 0 Å². The van der Waals surface area contributed by atoms with Crippen LogP contribution in [0.4, 0.5) is 0 Å². The Bertz CT molecular complexity index is 1230. The van der Waals surface area contributed by atoms with Crippen molar-refractivity contribution in [2.45, 2.75) is 52.6 Å². The normalized spacial score (nSPS) is 22.5. The summed E-state index contributed by atoms with van der Waals surface area (Å²) in [5.41, 5.74) is 5.16. The first-order valence-electron chi connectivity index (χ1n) is 12.5. The van der Waals surface area contributed by atoms with Gasteiger partial charge in [-0.15, -0.1) is 0 Å². The number of allylic oxidation sites excluding steroid dienone is 3. The number of nitrogens with one attached hydrogen (secondary N) is 1. The highest BCUT2D eigenvalue weighted by molar-refractivity contribution is 6.12. The molecule has 0 spiro atoms. The number of methoxy groups -OCH3 is 1. The molecule has 2 aliphatic rings. The van der Waals surface area contributed by atoms with Crippen LogP contribution in [-0.2, 0) is 23.9 Å². The smallest absolute Gasteiger partial charge is 0.337 e. The van der Waals surface area contributed by atoms with E-state index in [1.807, 2.05) is 82.3 Å². The van der Waals surface area contributed by atoms with Crippen molar-refractivity contribution >= 4 is 17.7 Å². The number of carbonyl (C=O) groups is 3. The molecular formula is C30H33NO5. The summed E-state index contributed by atoms with van der Waals surface area (Å²) in [6, 6.07) is 17.9. The van der Waals surface area contributed by atoms with Gasteiger partial charge in [0.25, 0.3) is 0 Å². The van der Waals surface area contributed by atoms with Gasteiger partial charge < -0.3 is 14.8 Å². The number of dihydropyridines is 1. The van der Waals surface area contributed by atoms with Crippen molar-refractivity contribution in [1.29, 1.82) is 0 Å². The molecule has 1 aliphatic carbocycles. The van der Waals surface area contributed by atoms with Crippen molar-refractivity contribution in [2.24, 2.45) is 11.8 Å². The molecule has 2 aromatic rings. The second-order valence-corrected chi connectivity index (χ2v) is 9.65. The van der Waals surface area contributed by atoms with Crippen molar-refractivity contribution in [1.82, 2.24) is 5.32 Å². The molecule has 1 N–H and O–H groups in total. The van der Waals surface area contributed by atoms with Crippen LogP contribution in [0.5, 0.6) is 0 Å². The molecule has 4 rings (SSSR count). The number of carbonyl (C=O) groups excluding carboxylic acids is 3. The molecule has 0 saturated carbocycles. The van der Waals surface area contributed by atoms with E-state index in [0.717, 1.165) is 22.4 Å². The van der Waals surface area contributed by atoms with E-state index in [1.54, 1.807) is 0 Å². The Labute approximate surface area is 212 Å². The third-order valence-electron chi connectivity index (χ3n) is 7.20. The second kappa shape index (κ2) is 10.5. The van der Waals surface area contributed by atoms with Crippen molar-refractivity contribution in [3.8, 4) is 11.1 Å². The van der Waals surface area contributed by atoms with Crippen LogP contribution in [0.2, 0.25) is 0 Å². The molecule has 0 aromatic heterocycles. The molecule has 0 radical (unpaired) electrons. The monoisotopic (exact) mass is 487 g/mol. The zero-order valence-corrected chi connectivity index (χ0v) is 21.5. The van der Waals surface area contributed by atoms with Crippen LogP contribution in [-0.4, -0.2) is 30.9 Å². The van der Waals surface area contributed by atoms with Crippen LogP contribution in [0, 0.1) is 11.8 Å². The fourth-order valence-corrected chi connectivity index (χ4v) is 5.11. The van der Waals surface area contributed by atoms with E-state index in [1.165, 1.54) is 7.11 Å². The van der Waals surface area contributed by atoms with E-state index in [4.69, 9.17) is 9.47 Å². The van der Waals surface area contributed by atoms with Crippen LogP contribution in [0.25, 0.3) is 11.1 Å². The van der Waals surface area contributed by atoms with Crippen LogP contribution in [0.3, 0.4) is 0 Å². The summed E-state index contributed by atoms with van der Waals surface area (Å²) in [6.07, 6.45) is 0.917. The molecule has 0 bridgehead atoms. The predicted molar refractivity (Wildman–Crippen MR) is 138 cm³/mol. The van der Waals surface area contributed by atoms with E-state index in [-0.39, 0.29) is 17.8 Å². The highest BCUT2D eigenvalue weighted by Gasteiger charge is 2.47. The molecule has 2 aromatic carbocycles. The number of hydrogen-bond acceptors (Lipinski definition) is 6. The molecule has 0 amide bonds. The first-order chi connectivity index (χ1) is 17.3. The predicted octanol–water partition coefficient (Wildman–Crippen LogP) is 5.31. The SMILES string of the molecule is CC[C@@H](C)OC(=O)C1=C(C)NC2=C(C(=O)[C@@H](C(=O)OC)[C@@H](C)C2)[C@H]1c1ccc(-c2ccccc2)cc1. The van der Waals surface area contributed by atoms with Gasteiger partial charge in [0.15, 0.2) is 5.78 Å². The fourth-order valence-electron chi connectivity index (χ4n) is 5.11. The lowest BCUT2D eigenvalue weighted by molar-refractivity contribution is -0.151. The maximum atomic E-state index is 13.8. The Balaban J connectivity index is 1.83. The fraction of sp³-hybridized carbons (Fsp3) is 0.367. The Hall–Kier alpha value is -3.67. The summed E-state index contributed by atoms with van der Waals surface area (Å²) in [5.74, 6) is -3.09. The minimum Gasteiger partial charge on any atom is -0.468 e. The van der Waals surface area contributed by atoms with E-state index < -0.39 is 23.8 Å². The highest BCUT2D eigenvalue weighted by atomic mass is 16.5. The van der Waals surface area contributed by atoms with E-state index >= 15 is 0 Å². The van der Waals surface area contributed by atoms with Gasteiger partial charge in [0, 0.05) is 22.9 Å². The van der Waals surface area contributed by atoms with Gasteiger partial charge in [0.2, 0.25) is 0 Å². The summed E-state index contributed by atoms with van der Waals surface area (Å²) in [7, 11) is 1.30. The zero-order valence-electron chi connectivity index (χ0n) is 21.5. The highest BCUT2D eigenvalue weighted by Crippen LogP contribution is 2.45. The van der Waals surface area contributed by atoms with Crippen molar-refractivity contribution in [2.75, 3.05) is 7.11 Å². The Kier molecular flexibility index (Phi) is 7.43. The van der Waals surface area contributed by atoms with Gasteiger partial charge in [-0.05, 0) is 49.3 Å². The topological polar surface area (TPSA) is 81.7 Å². The molecule has 1 aliphatic heterocycles. The molecule has 188 valence electrons. The number of ether oxygens (including phenoxy) is 2. The van der Waals surface area contributed by atoms with Gasteiger partial charge >= 0.3 is 11.9 Å². The average Bonchev–Trinajstić information content (AvgIpc) is 2.88. The molecule has 1 heterocycles. The Morgan fingerprint density at radius 3 is 2.31 bits per heavy atom. The first-order valence-corrected chi connectivity index (χ1v) is 12.5. The largest absolute Gasteiger partial charge is 0.468 e. The van der Waals surface area contributed by atoms with E-state index in [2.05, 4.69) is 5.32 Å². The van der Waals surface area contributed by atoms with Gasteiger partial charge in [-0.2, -0.15) is 0 Å². The van der Waals surface area contributed by atoms with Gasteiger partial charge in [-0.3, -0.25) is 9.59 Å². The molecule has 4 atom stereocenters. The van der Waals surface area contributed by atoms with Gasteiger partial charge in [-0.25, -0.2) is 4.79 Å². The molecule has 0 saturated heterocycles. The third-order valence-corrected chi connectivity index (χ3v) is 7.20. The molecular weight excluding hydrogens is 454 g/mol. The summed E-state index contributed by atoms with van der Waals surface area (Å²) >= 11 is 0. The van der Waals surface area contributed by atoms with Crippen LogP contribution < -0.4 is 5.32 Å². The van der Waals surface area contributed by atoms with Crippen molar-refractivity contribution < 1.29 is 23.9 Å². The second-order valence-electron chi connectivity index (χ2n) is 9.65. The molecule has 36 heavy (non-hydrogen) atoms. The van der Waals surface area contributed by atoms with E-state index in [0.29, 0.717) is 29.7 Å². The zero-order chi connectivity index (χ0) is 26.0. The minimum absolute atomic E-state index is 0.223. The standard InChI is InChI=1S/C30H33NO5/c1-6-18(3)36-30(34)25-19(4)31-23-16-17(2)24(29(33)35-5)28(32)27(23)26(25)22-14-12-21(13-15-22)20-10-8-7-9-11-20/h7-15,17-18,24,26,31H,6,16H2,1-5H3/t17-,18+,24-,26-/m0/s1. The van der Waals surface area contributed by atoms with E-state index in [9.17, 15) is 14.4 Å². The number of rotatable bonds is 6. The average molecular weight is 488 g/mol. The van der Waals surface area contributed by atoms with Crippen LogP contribution in [0.15, 0.2) is 77.1 Å². The number of ketones is 1. The van der Waals surface area contributed by atoms with Gasteiger partial charge in [-0.1, -0.05) is 68.4 Å². The summed E-state index contributed by atoms with van der Waals surface area (Å²) in [4.78, 5) is 39.8. The maximum Gasteiger partial charge on any atom is 0.337 e.